The first-order valence-corrected chi connectivity index (χ1v) is 4.90. The second-order valence-corrected chi connectivity index (χ2v) is 4.10. The molecule has 0 radical (unpaired) electrons. The molecule has 1 spiro atoms. The Hall–Kier alpha value is -0.160. The van der Waals surface area contributed by atoms with Gasteiger partial charge in [0, 0.05) is 33.2 Å². The van der Waals surface area contributed by atoms with Gasteiger partial charge < -0.3 is 9.47 Å². The quantitative estimate of drug-likeness (QED) is 0.591. The lowest BCUT2D eigenvalue weighted by Gasteiger charge is -2.37. The molecule has 13 heavy (non-hydrogen) atoms. The molecule has 0 aliphatic carbocycles. The van der Waals surface area contributed by atoms with Crippen molar-refractivity contribution in [1.82, 2.24) is 5.01 Å². The number of hydrogen-bond acceptors (Lipinski definition) is 4. The second-order valence-electron chi connectivity index (χ2n) is 4.10. The van der Waals surface area contributed by atoms with E-state index in [1.165, 1.54) is 0 Å². The van der Waals surface area contributed by atoms with Crippen LogP contribution in [0, 0.1) is 0 Å². The fourth-order valence-electron chi connectivity index (χ4n) is 2.34. The van der Waals surface area contributed by atoms with Crippen LogP contribution < -0.4 is 5.84 Å². The van der Waals surface area contributed by atoms with Gasteiger partial charge in [-0.15, -0.1) is 0 Å². The predicted octanol–water partition coefficient (Wildman–Crippen LogP) is 0.130. The molecule has 2 fully saturated rings. The lowest BCUT2D eigenvalue weighted by Crippen LogP contribution is -2.45. The lowest BCUT2D eigenvalue weighted by atomic mass is 9.91. The molecule has 2 atom stereocenters. The van der Waals surface area contributed by atoms with Gasteiger partial charge in [0.15, 0.2) is 0 Å². The predicted molar refractivity (Wildman–Crippen MR) is 49.1 cm³/mol. The summed E-state index contributed by atoms with van der Waals surface area (Å²) in [5, 5.41) is 1.85. The summed E-state index contributed by atoms with van der Waals surface area (Å²) in [6.45, 7) is 2.61. The Labute approximate surface area is 78.9 Å². The first-order valence-electron chi connectivity index (χ1n) is 4.90. The summed E-state index contributed by atoms with van der Waals surface area (Å²) in [5.41, 5.74) is -0.00627. The highest BCUT2D eigenvalue weighted by Crippen LogP contribution is 2.33. The smallest absolute Gasteiger partial charge is 0.0860 e. The summed E-state index contributed by atoms with van der Waals surface area (Å²) in [5.74, 6) is 5.74. The van der Waals surface area contributed by atoms with Gasteiger partial charge in [-0.25, -0.2) is 5.01 Å². The second kappa shape index (κ2) is 3.53. The van der Waals surface area contributed by atoms with Gasteiger partial charge in [-0.2, -0.15) is 0 Å². The average molecular weight is 186 g/mol. The number of hydrogen-bond donors (Lipinski definition) is 1. The minimum Gasteiger partial charge on any atom is -0.381 e. The van der Waals surface area contributed by atoms with Crippen LogP contribution in [-0.4, -0.2) is 43.5 Å². The normalized spacial score (nSPS) is 41.5. The average Bonchev–Trinajstić information content (AvgIpc) is 2.47. The molecule has 2 aliphatic rings. The third-order valence-corrected chi connectivity index (χ3v) is 3.13. The molecule has 76 valence electrons. The van der Waals surface area contributed by atoms with Crippen molar-refractivity contribution < 1.29 is 9.47 Å². The third-order valence-electron chi connectivity index (χ3n) is 3.13. The fourth-order valence-corrected chi connectivity index (χ4v) is 2.34. The van der Waals surface area contributed by atoms with Crippen LogP contribution in [-0.2, 0) is 9.47 Å². The number of rotatable bonds is 1. The van der Waals surface area contributed by atoms with Crippen LogP contribution in [0.15, 0.2) is 0 Å². The zero-order valence-corrected chi connectivity index (χ0v) is 8.16. The topological polar surface area (TPSA) is 47.7 Å². The van der Waals surface area contributed by atoms with Crippen molar-refractivity contribution >= 4 is 0 Å². The Bertz CT molecular complexity index is 184. The van der Waals surface area contributed by atoms with E-state index in [4.69, 9.17) is 15.3 Å². The Morgan fingerprint density at radius 2 is 2.46 bits per heavy atom. The van der Waals surface area contributed by atoms with Crippen LogP contribution in [0.1, 0.15) is 19.3 Å². The van der Waals surface area contributed by atoms with Crippen LogP contribution >= 0.6 is 0 Å². The standard InChI is InChI=1S/C9H18N2O2/c1-12-8-2-5-13-9(6-8)3-4-11(10)7-9/h8H,2-7,10H2,1H3. The van der Waals surface area contributed by atoms with Crippen molar-refractivity contribution in [3.8, 4) is 0 Å². The van der Waals surface area contributed by atoms with Gasteiger partial charge in [-0.05, 0) is 12.8 Å². The van der Waals surface area contributed by atoms with E-state index in [0.29, 0.717) is 6.10 Å². The van der Waals surface area contributed by atoms with Gasteiger partial charge in [0.05, 0.1) is 11.7 Å². The highest BCUT2D eigenvalue weighted by Gasteiger charge is 2.42. The molecule has 2 rings (SSSR count). The Balaban J connectivity index is 1.98. The molecule has 2 saturated heterocycles. The van der Waals surface area contributed by atoms with Crippen LogP contribution in [0.25, 0.3) is 0 Å². The summed E-state index contributed by atoms with van der Waals surface area (Å²) < 4.78 is 11.2. The maximum absolute atomic E-state index is 5.83. The van der Waals surface area contributed by atoms with Crippen molar-refractivity contribution in [1.29, 1.82) is 0 Å². The minimum absolute atomic E-state index is 0.00627. The SMILES string of the molecule is COC1CCOC2(CCN(N)C2)C1. The number of hydrazine groups is 1. The summed E-state index contributed by atoms with van der Waals surface area (Å²) in [6, 6.07) is 0. The van der Waals surface area contributed by atoms with Gasteiger partial charge >= 0.3 is 0 Å². The minimum atomic E-state index is -0.00627. The zero-order chi connectivity index (χ0) is 9.31. The van der Waals surface area contributed by atoms with E-state index in [0.717, 1.165) is 39.0 Å². The monoisotopic (exact) mass is 186 g/mol. The number of methoxy groups -OCH3 is 1. The van der Waals surface area contributed by atoms with Gasteiger partial charge in [0.25, 0.3) is 0 Å². The molecule has 2 unspecified atom stereocenters. The Morgan fingerprint density at radius 1 is 1.62 bits per heavy atom. The number of nitrogens with two attached hydrogens (primary N) is 1. The van der Waals surface area contributed by atoms with Crippen molar-refractivity contribution in [2.75, 3.05) is 26.8 Å². The molecule has 0 saturated carbocycles. The zero-order valence-electron chi connectivity index (χ0n) is 8.16. The molecule has 0 amide bonds. The fraction of sp³-hybridized carbons (Fsp3) is 1.00. The largest absolute Gasteiger partial charge is 0.381 e. The van der Waals surface area contributed by atoms with Gasteiger partial charge in [-0.3, -0.25) is 5.84 Å². The van der Waals surface area contributed by atoms with Crippen molar-refractivity contribution in [3.05, 3.63) is 0 Å². The molecule has 2 heterocycles. The van der Waals surface area contributed by atoms with Crippen LogP contribution in [0.3, 0.4) is 0 Å². The van der Waals surface area contributed by atoms with Gasteiger partial charge in [0.2, 0.25) is 0 Å². The van der Waals surface area contributed by atoms with Crippen molar-refractivity contribution in [3.63, 3.8) is 0 Å². The maximum atomic E-state index is 5.83. The summed E-state index contributed by atoms with van der Waals surface area (Å²) in [4.78, 5) is 0. The molecular formula is C9H18N2O2. The summed E-state index contributed by atoms with van der Waals surface area (Å²) in [6.07, 6.45) is 3.42. The molecule has 0 bridgehead atoms. The van der Waals surface area contributed by atoms with E-state index in [-0.39, 0.29) is 5.60 Å². The van der Waals surface area contributed by atoms with E-state index < -0.39 is 0 Å². The van der Waals surface area contributed by atoms with E-state index in [2.05, 4.69) is 0 Å². The molecule has 0 aromatic carbocycles. The highest BCUT2D eigenvalue weighted by molar-refractivity contribution is 4.94. The highest BCUT2D eigenvalue weighted by atomic mass is 16.5. The van der Waals surface area contributed by atoms with Gasteiger partial charge in [-0.1, -0.05) is 0 Å². The van der Waals surface area contributed by atoms with E-state index in [1.54, 1.807) is 7.11 Å². The number of ether oxygens (including phenoxy) is 2. The van der Waals surface area contributed by atoms with Crippen molar-refractivity contribution in [2.45, 2.75) is 31.0 Å². The van der Waals surface area contributed by atoms with E-state index in [1.807, 2.05) is 5.01 Å². The molecule has 0 aromatic heterocycles. The summed E-state index contributed by atoms with van der Waals surface area (Å²) >= 11 is 0. The van der Waals surface area contributed by atoms with Crippen LogP contribution in [0.5, 0.6) is 0 Å². The van der Waals surface area contributed by atoms with Crippen molar-refractivity contribution in [2.24, 2.45) is 5.84 Å². The molecule has 2 aliphatic heterocycles. The molecule has 4 heteroatoms. The van der Waals surface area contributed by atoms with Crippen LogP contribution in [0.4, 0.5) is 0 Å². The maximum Gasteiger partial charge on any atom is 0.0860 e. The molecule has 0 aromatic rings. The molecular weight excluding hydrogens is 168 g/mol. The Morgan fingerprint density at radius 3 is 3.08 bits per heavy atom. The Kier molecular flexibility index (Phi) is 2.55. The van der Waals surface area contributed by atoms with E-state index in [9.17, 15) is 0 Å². The molecule has 4 nitrogen and oxygen atoms in total. The lowest BCUT2D eigenvalue weighted by molar-refractivity contribution is -0.119. The van der Waals surface area contributed by atoms with Crippen LogP contribution in [0.2, 0.25) is 0 Å². The molecule has 2 N–H and O–H groups in total. The third kappa shape index (κ3) is 1.86. The van der Waals surface area contributed by atoms with E-state index >= 15 is 0 Å². The number of nitrogens with zero attached hydrogens (tertiary/aromatic N) is 1. The first-order chi connectivity index (χ1) is 6.24. The first kappa shape index (κ1) is 9.40. The summed E-state index contributed by atoms with van der Waals surface area (Å²) in [7, 11) is 1.78. The van der Waals surface area contributed by atoms with Gasteiger partial charge in [0.1, 0.15) is 0 Å².